The lowest BCUT2D eigenvalue weighted by atomic mass is 10.1. The standard InChI is InChI=1S/C21H32N6O2.HI/c1-5-23-19(24-10-11-25-20(28)29-21(2,3)4)26-14-17-6-8-18(9-7-17)15-27-13-12-22-16-27;/h6-9,12-13,16H,5,10-11,14-15H2,1-4H3,(H,25,28)(H2,23,24,26);1H. The lowest BCUT2D eigenvalue weighted by molar-refractivity contribution is 0.0529. The van der Waals surface area contributed by atoms with Gasteiger partial charge in [0, 0.05) is 38.6 Å². The number of nitrogens with zero attached hydrogens (tertiary/aromatic N) is 3. The zero-order chi connectivity index (χ0) is 21.1. The van der Waals surface area contributed by atoms with Crippen LogP contribution in [0, 0.1) is 0 Å². The molecule has 0 unspecified atom stereocenters. The fraction of sp³-hybridized carbons (Fsp3) is 0.476. The highest BCUT2D eigenvalue weighted by molar-refractivity contribution is 14.0. The third-order valence-electron chi connectivity index (χ3n) is 3.80. The molecule has 1 aromatic carbocycles. The number of benzene rings is 1. The summed E-state index contributed by atoms with van der Waals surface area (Å²) in [7, 11) is 0. The van der Waals surface area contributed by atoms with Crippen LogP contribution >= 0.6 is 24.0 Å². The van der Waals surface area contributed by atoms with Gasteiger partial charge in [-0.15, -0.1) is 24.0 Å². The average molecular weight is 528 g/mol. The minimum atomic E-state index is -0.498. The topological polar surface area (TPSA) is 92.6 Å². The van der Waals surface area contributed by atoms with Gasteiger partial charge in [-0.3, -0.25) is 0 Å². The highest BCUT2D eigenvalue weighted by Crippen LogP contribution is 2.08. The van der Waals surface area contributed by atoms with E-state index in [1.807, 2.05) is 44.8 Å². The molecule has 1 heterocycles. The SMILES string of the molecule is CCNC(=NCc1ccc(Cn2ccnc2)cc1)NCCNC(=O)OC(C)(C)C.I. The van der Waals surface area contributed by atoms with Crippen molar-refractivity contribution in [2.75, 3.05) is 19.6 Å². The summed E-state index contributed by atoms with van der Waals surface area (Å²) in [5.74, 6) is 0.709. The number of carbonyl (C=O) groups is 1. The molecule has 1 amide bonds. The van der Waals surface area contributed by atoms with Gasteiger partial charge in [0.15, 0.2) is 5.96 Å². The number of amides is 1. The molecular formula is C21H33IN6O2. The molecule has 3 N–H and O–H groups in total. The normalized spacial score (nSPS) is 11.4. The van der Waals surface area contributed by atoms with E-state index in [1.165, 1.54) is 5.56 Å². The van der Waals surface area contributed by atoms with Crippen molar-refractivity contribution in [3.05, 3.63) is 54.1 Å². The molecule has 0 aliphatic rings. The number of aliphatic imine (C=N–C) groups is 1. The van der Waals surface area contributed by atoms with Gasteiger partial charge in [-0.2, -0.15) is 0 Å². The van der Waals surface area contributed by atoms with Gasteiger partial charge >= 0.3 is 6.09 Å². The molecule has 0 aliphatic carbocycles. The Kier molecular flexibility index (Phi) is 11.2. The van der Waals surface area contributed by atoms with E-state index in [-0.39, 0.29) is 24.0 Å². The largest absolute Gasteiger partial charge is 0.444 e. The number of nitrogens with one attached hydrogen (secondary N) is 3. The molecule has 0 bridgehead atoms. The Morgan fingerprint density at radius 2 is 1.77 bits per heavy atom. The summed E-state index contributed by atoms with van der Waals surface area (Å²) < 4.78 is 7.24. The number of imidazole rings is 1. The second-order valence-electron chi connectivity index (χ2n) is 7.60. The van der Waals surface area contributed by atoms with Crippen molar-refractivity contribution in [1.29, 1.82) is 0 Å². The molecule has 0 radical (unpaired) electrons. The number of aromatic nitrogens is 2. The van der Waals surface area contributed by atoms with Crippen LogP contribution in [-0.4, -0.2) is 46.8 Å². The number of alkyl carbamates (subject to hydrolysis) is 1. The lowest BCUT2D eigenvalue weighted by Gasteiger charge is -2.19. The van der Waals surface area contributed by atoms with Crippen LogP contribution in [0.1, 0.15) is 38.8 Å². The minimum absolute atomic E-state index is 0. The molecule has 0 saturated carbocycles. The summed E-state index contributed by atoms with van der Waals surface area (Å²) in [5.41, 5.74) is 1.85. The van der Waals surface area contributed by atoms with Gasteiger partial charge in [0.05, 0.1) is 12.9 Å². The van der Waals surface area contributed by atoms with Gasteiger partial charge in [0.2, 0.25) is 0 Å². The van der Waals surface area contributed by atoms with E-state index in [2.05, 4.69) is 50.2 Å². The molecule has 1 aromatic heterocycles. The first-order valence-corrected chi connectivity index (χ1v) is 9.88. The second kappa shape index (κ2) is 13.1. The van der Waals surface area contributed by atoms with Crippen LogP contribution in [0.2, 0.25) is 0 Å². The predicted molar refractivity (Wildman–Crippen MR) is 130 cm³/mol. The van der Waals surface area contributed by atoms with Crippen LogP contribution < -0.4 is 16.0 Å². The van der Waals surface area contributed by atoms with E-state index in [1.54, 1.807) is 6.20 Å². The molecule has 0 aliphatic heterocycles. The van der Waals surface area contributed by atoms with Crippen molar-refractivity contribution in [2.24, 2.45) is 4.99 Å². The molecule has 0 saturated heterocycles. The monoisotopic (exact) mass is 528 g/mol. The fourth-order valence-electron chi connectivity index (χ4n) is 2.51. The highest BCUT2D eigenvalue weighted by Gasteiger charge is 2.15. The van der Waals surface area contributed by atoms with Crippen LogP contribution in [0.4, 0.5) is 4.79 Å². The van der Waals surface area contributed by atoms with E-state index in [4.69, 9.17) is 4.74 Å². The zero-order valence-electron chi connectivity index (χ0n) is 18.1. The number of carbonyl (C=O) groups excluding carboxylic acids is 1. The molecule has 9 heteroatoms. The molecule has 166 valence electrons. The Bertz CT molecular complexity index is 770. The van der Waals surface area contributed by atoms with Crippen molar-refractivity contribution in [1.82, 2.24) is 25.5 Å². The number of hydrogen-bond donors (Lipinski definition) is 3. The smallest absolute Gasteiger partial charge is 0.407 e. The van der Waals surface area contributed by atoms with Crippen LogP contribution in [-0.2, 0) is 17.8 Å². The van der Waals surface area contributed by atoms with Crippen LogP contribution in [0.25, 0.3) is 0 Å². The number of hydrogen-bond acceptors (Lipinski definition) is 4. The second-order valence-corrected chi connectivity index (χ2v) is 7.60. The van der Waals surface area contributed by atoms with E-state index < -0.39 is 11.7 Å². The fourth-order valence-corrected chi connectivity index (χ4v) is 2.51. The Hall–Kier alpha value is -2.30. The van der Waals surface area contributed by atoms with Crippen molar-refractivity contribution in [3.63, 3.8) is 0 Å². The molecule has 30 heavy (non-hydrogen) atoms. The maximum absolute atomic E-state index is 11.7. The zero-order valence-corrected chi connectivity index (χ0v) is 20.5. The summed E-state index contributed by atoms with van der Waals surface area (Å²) >= 11 is 0. The van der Waals surface area contributed by atoms with Gasteiger partial charge in [0.1, 0.15) is 5.60 Å². The van der Waals surface area contributed by atoms with E-state index >= 15 is 0 Å². The van der Waals surface area contributed by atoms with Crippen molar-refractivity contribution >= 4 is 36.0 Å². The van der Waals surface area contributed by atoms with E-state index in [9.17, 15) is 4.79 Å². The highest BCUT2D eigenvalue weighted by atomic mass is 127. The molecule has 0 spiro atoms. The summed E-state index contributed by atoms with van der Waals surface area (Å²) in [5, 5.41) is 9.14. The third kappa shape index (κ3) is 10.5. The molecule has 2 aromatic rings. The lowest BCUT2D eigenvalue weighted by Crippen LogP contribution is -2.42. The molecule has 0 atom stereocenters. The Morgan fingerprint density at radius 1 is 1.10 bits per heavy atom. The summed E-state index contributed by atoms with van der Waals surface area (Å²) in [6.45, 7) is 10.7. The van der Waals surface area contributed by atoms with Crippen LogP contribution in [0.3, 0.4) is 0 Å². The van der Waals surface area contributed by atoms with Crippen molar-refractivity contribution < 1.29 is 9.53 Å². The Labute approximate surface area is 195 Å². The molecule has 0 fully saturated rings. The number of ether oxygens (including phenoxy) is 1. The van der Waals surface area contributed by atoms with Crippen molar-refractivity contribution in [3.8, 4) is 0 Å². The van der Waals surface area contributed by atoms with E-state index in [0.717, 1.165) is 18.7 Å². The van der Waals surface area contributed by atoms with Gasteiger partial charge in [-0.1, -0.05) is 24.3 Å². The Balaban J connectivity index is 0.00000450. The first-order chi connectivity index (χ1) is 13.9. The number of guanidine groups is 1. The predicted octanol–water partition coefficient (Wildman–Crippen LogP) is 3.13. The number of halogens is 1. The summed E-state index contributed by atoms with van der Waals surface area (Å²) in [6, 6.07) is 8.39. The van der Waals surface area contributed by atoms with Crippen LogP contribution in [0.15, 0.2) is 48.0 Å². The van der Waals surface area contributed by atoms with Gasteiger partial charge in [-0.05, 0) is 38.8 Å². The van der Waals surface area contributed by atoms with Crippen molar-refractivity contribution in [2.45, 2.75) is 46.4 Å². The van der Waals surface area contributed by atoms with Gasteiger partial charge < -0.3 is 25.3 Å². The third-order valence-corrected chi connectivity index (χ3v) is 3.80. The van der Waals surface area contributed by atoms with Crippen LogP contribution in [0.5, 0.6) is 0 Å². The maximum atomic E-state index is 11.7. The quantitative estimate of drug-likeness (QED) is 0.212. The van der Waals surface area contributed by atoms with Gasteiger partial charge in [-0.25, -0.2) is 14.8 Å². The minimum Gasteiger partial charge on any atom is -0.444 e. The number of rotatable bonds is 8. The van der Waals surface area contributed by atoms with E-state index in [0.29, 0.717) is 25.6 Å². The first-order valence-electron chi connectivity index (χ1n) is 9.88. The summed E-state index contributed by atoms with van der Waals surface area (Å²) in [4.78, 5) is 20.3. The molecule has 8 nitrogen and oxygen atoms in total. The summed E-state index contributed by atoms with van der Waals surface area (Å²) in [6.07, 6.45) is 5.12. The first kappa shape index (κ1) is 25.7. The average Bonchev–Trinajstić information content (AvgIpc) is 3.16. The van der Waals surface area contributed by atoms with Gasteiger partial charge in [0.25, 0.3) is 0 Å². The molecule has 2 rings (SSSR count). The molecular weight excluding hydrogens is 495 g/mol. The maximum Gasteiger partial charge on any atom is 0.407 e. The Morgan fingerprint density at radius 3 is 2.37 bits per heavy atom.